The summed E-state index contributed by atoms with van der Waals surface area (Å²) in [5.74, 6) is 0. The van der Waals surface area contributed by atoms with Crippen molar-refractivity contribution >= 4 is 0 Å². The fourth-order valence-corrected chi connectivity index (χ4v) is 3.49. The first kappa shape index (κ1) is 14.8. The second kappa shape index (κ2) is 5.27. The first-order valence-electron chi connectivity index (χ1n) is 7.97. The van der Waals surface area contributed by atoms with Crippen molar-refractivity contribution in [1.29, 1.82) is 0 Å². The predicted octanol–water partition coefficient (Wildman–Crippen LogP) is 2.84. The van der Waals surface area contributed by atoms with Crippen LogP contribution in [0.4, 0.5) is 0 Å². The summed E-state index contributed by atoms with van der Waals surface area (Å²) in [6.07, 6.45) is 2.46. The van der Waals surface area contributed by atoms with E-state index in [2.05, 4.69) is 24.9 Å². The fourth-order valence-electron chi connectivity index (χ4n) is 3.49. The minimum Gasteiger partial charge on any atom is -0.306 e. The Morgan fingerprint density at radius 3 is 2.64 bits per heavy atom. The molecule has 1 aromatic carbocycles. The van der Waals surface area contributed by atoms with Crippen LogP contribution in [0.2, 0.25) is 0 Å². The maximum Gasteiger partial charge on any atom is 0.328 e. The lowest BCUT2D eigenvalue weighted by atomic mass is 9.69. The van der Waals surface area contributed by atoms with Crippen molar-refractivity contribution in [3.05, 3.63) is 56.2 Å². The Morgan fingerprint density at radius 1 is 1.23 bits per heavy atom. The summed E-state index contributed by atoms with van der Waals surface area (Å²) in [6, 6.07) is 8.04. The molecule has 3 rings (SSSR count). The molecule has 0 saturated heterocycles. The molecule has 0 radical (unpaired) electrons. The van der Waals surface area contributed by atoms with E-state index in [1.54, 1.807) is 0 Å². The maximum atomic E-state index is 13.0. The molecule has 0 amide bonds. The smallest absolute Gasteiger partial charge is 0.306 e. The quantitative estimate of drug-likeness (QED) is 0.947. The number of fused-ring (bicyclic) bond motifs is 3. The van der Waals surface area contributed by atoms with Crippen LogP contribution in [-0.4, -0.2) is 9.55 Å². The first-order chi connectivity index (χ1) is 10.5. The molecule has 1 N–H and O–H groups in total. The van der Waals surface area contributed by atoms with E-state index in [1.165, 1.54) is 10.1 Å². The highest BCUT2D eigenvalue weighted by molar-refractivity contribution is 5.71. The van der Waals surface area contributed by atoms with Crippen molar-refractivity contribution in [2.75, 3.05) is 0 Å². The molecule has 1 aliphatic rings. The van der Waals surface area contributed by atoms with E-state index in [1.807, 2.05) is 25.1 Å². The molecule has 4 nitrogen and oxygen atoms in total. The number of nitrogens with one attached hydrogen (secondary N) is 1. The van der Waals surface area contributed by atoms with Gasteiger partial charge in [0.05, 0.1) is 5.69 Å². The molecule has 2 aromatic rings. The van der Waals surface area contributed by atoms with Crippen LogP contribution in [0.3, 0.4) is 0 Å². The third kappa shape index (κ3) is 2.05. The maximum absolute atomic E-state index is 13.0. The number of H-pyrrole nitrogens is 1. The lowest BCUT2D eigenvalue weighted by Crippen LogP contribution is -2.44. The van der Waals surface area contributed by atoms with Crippen molar-refractivity contribution in [2.24, 2.45) is 0 Å². The molecule has 1 atom stereocenters. The summed E-state index contributed by atoms with van der Waals surface area (Å²) in [4.78, 5) is 28.2. The Bertz CT molecular complexity index is 832. The Labute approximate surface area is 129 Å². The van der Waals surface area contributed by atoms with Crippen molar-refractivity contribution in [3.8, 4) is 11.3 Å². The lowest BCUT2D eigenvalue weighted by molar-refractivity contribution is 0.431. The molecule has 0 aliphatic heterocycles. The molecule has 0 fully saturated rings. The molecule has 116 valence electrons. The number of hydrogen-bond donors (Lipinski definition) is 1. The second-order valence-corrected chi connectivity index (χ2v) is 6.39. The summed E-state index contributed by atoms with van der Waals surface area (Å²) >= 11 is 0. The number of nitrogens with zero attached hydrogens (tertiary/aromatic N) is 1. The summed E-state index contributed by atoms with van der Waals surface area (Å²) in [7, 11) is 0. The summed E-state index contributed by atoms with van der Waals surface area (Å²) in [5, 5.41) is 0. The third-order valence-electron chi connectivity index (χ3n) is 4.88. The largest absolute Gasteiger partial charge is 0.328 e. The molecular weight excluding hydrogens is 276 g/mol. The van der Waals surface area contributed by atoms with Crippen LogP contribution in [0.1, 0.15) is 44.7 Å². The van der Waals surface area contributed by atoms with Gasteiger partial charge in [0.25, 0.3) is 5.56 Å². The van der Waals surface area contributed by atoms with E-state index < -0.39 is 0 Å². The second-order valence-electron chi connectivity index (χ2n) is 6.39. The van der Waals surface area contributed by atoms with Gasteiger partial charge < -0.3 is 4.98 Å². The molecule has 22 heavy (non-hydrogen) atoms. The zero-order chi connectivity index (χ0) is 15.9. The van der Waals surface area contributed by atoms with Gasteiger partial charge in [-0.05, 0) is 24.8 Å². The molecule has 1 heterocycles. The lowest BCUT2D eigenvalue weighted by Gasteiger charge is -2.35. The minimum atomic E-state index is -0.305. The van der Waals surface area contributed by atoms with Gasteiger partial charge in [-0.1, -0.05) is 45.0 Å². The topological polar surface area (TPSA) is 54.9 Å². The number of aromatic amines is 1. The van der Waals surface area contributed by atoms with Crippen molar-refractivity contribution < 1.29 is 0 Å². The molecule has 1 unspecified atom stereocenters. The SMILES string of the molecule is CCCn1c(=O)[nH]c2c(c1=O)C(C)(CC)Cc1ccccc1-2. The Balaban J connectivity index is 2.40. The monoisotopic (exact) mass is 298 g/mol. The summed E-state index contributed by atoms with van der Waals surface area (Å²) < 4.78 is 1.35. The van der Waals surface area contributed by atoms with Crippen molar-refractivity contribution in [2.45, 2.75) is 52.0 Å². The van der Waals surface area contributed by atoms with E-state index in [4.69, 9.17) is 0 Å². The van der Waals surface area contributed by atoms with Gasteiger partial charge in [0, 0.05) is 23.1 Å². The van der Waals surface area contributed by atoms with Gasteiger partial charge in [-0.25, -0.2) is 4.79 Å². The van der Waals surface area contributed by atoms with Gasteiger partial charge in [-0.2, -0.15) is 0 Å². The molecular formula is C18H22N2O2. The molecule has 4 heteroatoms. The average molecular weight is 298 g/mol. The van der Waals surface area contributed by atoms with Crippen LogP contribution >= 0.6 is 0 Å². The number of hydrogen-bond acceptors (Lipinski definition) is 2. The van der Waals surface area contributed by atoms with Crippen molar-refractivity contribution in [3.63, 3.8) is 0 Å². The van der Waals surface area contributed by atoms with Crippen LogP contribution < -0.4 is 11.2 Å². The van der Waals surface area contributed by atoms with Crippen LogP contribution in [0.5, 0.6) is 0 Å². The molecule has 0 saturated carbocycles. The zero-order valence-electron chi connectivity index (χ0n) is 13.4. The van der Waals surface area contributed by atoms with Gasteiger partial charge in [-0.3, -0.25) is 9.36 Å². The van der Waals surface area contributed by atoms with Crippen molar-refractivity contribution in [1.82, 2.24) is 9.55 Å². The summed E-state index contributed by atoms with van der Waals surface area (Å²) in [5.41, 5.74) is 3.00. The van der Waals surface area contributed by atoms with E-state index in [-0.39, 0.29) is 16.7 Å². The van der Waals surface area contributed by atoms with Crippen LogP contribution in [0.15, 0.2) is 33.9 Å². The number of rotatable bonds is 3. The highest BCUT2D eigenvalue weighted by atomic mass is 16.2. The van der Waals surface area contributed by atoms with Crippen LogP contribution in [-0.2, 0) is 18.4 Å². The van der Waals surface area contributed by atoms with Gasteiger partial charge >= 0.3 is 5.69 Å². The van der Waals surface area contributed by atoms with Gasteiger partial charge in [0.1, 0.15) is 0 Å². The Hall–Kier alpha value is -2.10. The zero-order valence-corrected chi connectivity index (χ0v) is 13.4. The standard InChI is InChI=1S/C18H22N2O2/c1-4-10-20-16(21)14-15(19-17(20)22)13-9-7-6-8-12(13)11-18(14,3)5-2/h6-9H,4-5,10-11H2,1-3H3,(H,19,22). The van der Waals surface area contributed by atoms with Crippen LogP contribution in [0.25, 0.3) is 11.3 Å². The normalized spacial score (nSPS) is 19.6. The van der Waals surface area contributed by atoms with E-state index in [0.29, 0.717) is 12.2 Å². The molecule has 1 aliphatic carbocycles. The molecule has 0 spiro atoms. The molecule has 1 aromatic heterocycles. The Kier molecular flexibility index (Phi) is 3.55. The predicted molar refractivity (Wildman–Crippen MR) is 88.4 cm³/mol. The highest BCUT2D eigenvalue weighted by Crippen LogP contribution is 2.41. The van der Waals surface area contributed by atoms with E-state index in [0.717, 1.165) is 30.4 Å². The van der Waals surface area contributed by atoms with Gasteiger partial charge in [-0.15, -0.1) is 0 Å². The third-order valence-corrected chi connectivity index (χ3v) is 4.88. The molecule has 0 bridgehead atoms. The van der Waals surface area contributed by atoms with Crippen LogP contribution in [0, 0.1) is 0 Å². The summed E-state index contributed by atoms with van der Waals surface area (Å²) in [6.45, 7) is 6.66. The van der Waals surface area contributed by atoms with E-state index in [9.17, 15) is 9.59 Å². The number of aromatic nitrogens is 2. The highest BCUT2D eigenvalue weighted by Gasteiger charge is 2.37. The Morgan fingerprint density at radius 2 is 1.95 bits per heavy atom. The van der Waals surface area contributed by atoms with Gasteiger partial charge in [0.2, 0.25) is 0 Å². The average Bonchev–Trinajstić information content (AvgIpc) is 2.51. The van der Waals surface area contributed by atoms with E-state index >= 15 is 0 Å². The first-order valence-corrected chi connectivity index (χ1v) is 7.97. The minimum absolute atomic E-state index is 0.126. The fraction of sp³-hybridized carbons (Fsp3) is 0.444. The van der Waals surface area contributed by atoms with Gasteiger partial charge in [0.15, 0.2) is 0 Å². The number of benzene rings is 1.